The maximum absolute atomic E-state index is 10.6. The van der Waals surface area contributed by atoms with Gasteiger partial charge in [-0.15, -0.1) is 0 Å². The number of rotatable bonds is 6. The number of hydrogen-bond donors (Lipinski definition) is 1. The molecule has 0 heterocycles. The van der Waals surface area contributed by atoms with E-state index in [4.69, 9.17) is 9.84 Å². The molecule has 0 atom stereocenters. The molecule has 0 spiro atoms. The predicted octanol–water partition coefficient (Wildman–Crippen LogP) is 4.03. The van der Waals surface area contributed by atoms with Crippen LogP contribution in [0.1, 0.15) is 30.4 Å². The van der Waals surface area contributed by atoms with Gasteiger partial charge in [0.05, 0.1) is 6.61 Å². The molecule has 0 bridgehead atoms. The highest BCUT2D eigenvalue weighted by molar-refractivity contribution is 9.10. The lowest BCUT2D eigenvalue weighted by Crippen LogP contribution is -2.01. The van der Waals surface area contributed by atoms with Crippen LogP contribution in [0.5, 0.6) is 5.75 Å². The van der Waals surface area contributed by atoms with Crippen molar-refractivity contribution in [3.8, 4) is 5.75 Å². The molecular formula is C15H17BrO3. The summed E-state index contributed by atoms with van der Waals surface area (Å²) in [6.45, 7) is 2.66. The van der Waals surface area contributed by atoms with E-state index >= 15 is 0 Å². The Kier molecular flexibility index (Phi) is 4.64. The van der Waals surface area contributed by atoms with Gasteiger partial charge in [0.15, 0.2) is 0 Å². The van der Waals surface area contributed by atoms with Crippen molar-refractivity contribution in [3.63, 3.8) is 0 Å². The van der Waals surface area contributed by atoms with E-state index in [0.29, 0.717) is 6.61 Å². The van der Waals surface area contributed by atoms with E-state index in [0.717, 1.165) is 39.8 Å². The summed E-state index contributed by atoms with van der Waals surface area (Å²) in [5.74, 6) is 0.650. The zero-order chi connectivity index (χ0) is 13.8. The molecular weight excluding hydrogens is 308 g/mol. The van der Waals surface area contributed by atoms with Crippen molar-refractivity contribution in [2.75, 3.05) is 6.61 Å². The lowest BCUT2D eigenvalue weighted by Gasteiger charge is -2.13. The van der Waals surface area contributed by atoms with Crippen LogP contribution in [0.15, 0.2) is 22.7 Å². The normalized spacial score (nSPS) is 14.8. The number of aryl methyl sites for hydroxylation is 1. The average molecular weight is 325 g/mol. The van der Waals surface area contributed by atoms with Crippen molar-refractivity contribution in [1.82, 2.24) is 0 Å². The maximum atomic E-state index is 10.6. The van der Waals surface area contributed by atoms with Gasteiger partial charge in [0.1, 0.15) is 5.75 Å². The molecule has 2 rings (SSSR count). The van der Waals surface area contributed by atoms with Crippen LogP contribution >= 0.6 is 15.9 Å². The monoisotopic (exact) mass is 324 g/mol. The van der Waals surface area contributed by atoms with Crippen molar-refractivity contribution < 1.29 is 14.6 Å². The molecule has 1 saturated carbocycles. The molecule has 1 N–H and O–H groups in total. The fourth-order valence-electron chi connectivity index (χ4n) is 1.97. The largest absolute Gasteiger partial charge is 0.493 e. The minimum atomic E-state index is -0.957. The van der Waals surface area contributed by atoms with Gasteiger partial charge in [0.2, 0.25) is 0 Å². The Bertz CT molecular complexity index is 504. The summed E-state index contributed by atoms with van der Waals surface area (Å²) in [5.41, 5.74) is 1.81. The summed E-state index contributed by atoms with van der Waals surface area (Å²) in [4.78, 5) is 10.6. The second-order valence-electron chi connectivity index (χ2n) is 4.89. The van der Waals surface area contributed by atoms with Crippen LogP contribution < -0.4 is 4.74 Å². The van der Waals surface area contributed by atoms with E-state index in [1.807, 2.05) is 19.1 Å². The van der Waals surface area contributed by atoms with Crippen LogP contribution in [0.25, 0.3) is 6.08 Å². The highest BCUT2D eigenvalue weighted by atomic mass is 79.9. The number of benzene rings is 1. The molecule has 0 unspecified atom stereocenters. The van der Waals surface area contributed by atoms with Crippen molar-refractivity contribution >= 4 is 28.0 Å². The standard InChI is InChI=1S/C15H17BrO3/c1-10-8-13(16)9-12(4-5-14(17)18)15(10)19-7-6-11-2-3-11/h4-5,8-9,11H,2-3,6-7H2,1H3,(H,17,18)/b5-4+. The molecule has 1 aliphatic carbocycles. The first kappa shape index (κ1) is 14.1. The molecule has 102 valence electrons. The summed E-state index contributed by atoms with van der Waals surface area (Å²) in [5, 5.41) is 8.72. The van der Waals surface area contributed by atoms with E-state index in [2.05, 4.69) is 15.9 Å². The lowest BCUT2D eigenvalue weighted by atomic mass is 10.1. The number of carboxylic acid groups (broad SMARTS) is 1. The maximum Gasteiger partial charge on any atom is 0.328 e. The van der Waals surface area contributed by atoms with Crippen LogP contribution in [0, 0.1) is 12.8 Å². The predicted molar refractivity (Wildman–Crippen MR) is 78.4 cm³/mol. The quantitative estimate of drug-likeness (QED) is 0.803. The van der Waals surface area contributed by atoms with Gasteiger partial charge >= 0.3 is 5.97 Å². The number of ether oxygens (including phenoxy) is 1. The molecule has 1 fully saturated rings. The molecule has 1 aliphatic rings. The van der Waals surface area contributed by atoms with E-state index in [1.165, 1.54) is 12.8 Å². The van der Waals surface area contributed by atoms with Gasteiger partial charge in [-0.2, -0.15) is 0 Å². The van der Waals surface area contributed by atoms with Crippen molar-refractivity contribution in [3.05, 3.63) is 33.8 Å². The fraction of sp³-hybridized carbons (Fsp3) is 0.400. The summed E-state index contributed by atoms with van der Waals surface area (Å²) in [7, 11) is 0. The third-order valence-electron chi connectivity index (χ3n) is 3.14. The second kappa shape index (κ2) is 6.24. The molecule has 0 amide bonds. The van der Waals surface area contributed by atoms with Crippen molar-refractivity contribution in [2.24, 2.45) is 5.92 Å². The first-order valence-electron chi connectivity index (χ1n) is 6.40. The smallest absolute Gasteiger partial charge is 0.328 e. The van der Waals surface area contributed by atoms with Crippen LogP contribution in [0.2, 0.25) is 0 Å². The summed E-state index contributed by atoms with van der Waals surface area (Å²) in [6.07, 6.45) is 6.42. The van der Waals surface area contributed by atoms with E-state index in [9.17, 15) is 4.79 Å². The summed E-state index contributed by atoms with van der Waals surface area (Å²) >= 11 is 3.42. The Morgan fingerprint density at radius 1 is 1.53 bits per heavy atom. The highest BCUT2D eigenvalue weighted by Crippen LogP contribution is 2.34. The van der Waals surface area contributed by atoms with Gasteiger partial charge in [-0.05, 0) is 43.0 Å². The number of halogens is 1. The Labute approximate surface area is 121 Å². The third kappa shape index (κ3) is 4.39. The minimum absolute atomic E-state index is 0.695. The van der Waals surface area contributed by atoms with E-state index in [-0.39, 0.29) is 0 Å². The molecule has 0 aliphatic heterocycles. The van der Waals surface area contributed by atoms with E-state index < -0.39 is 5.97 Å². The van der Waals surface area contributed by atoms with E-state index in [1.54, 1.807) is 6.08 Å². The molecule has 1 aromatic rings. The SMILES string of the molecule is Cc1cc(Br)cc(/C=C/C(=O)O)c1OCCC1CC1. The van der Waals surface area contributed by atoms with Gasteiger partial charge < -0.3 is 9.84 Å². The first-order chi connectivity index (χ1) is 9.06. The van der Waals surface area contributed by atoms with Gasteiger partial charge in [-0.25, -0.2) is 4.79 Å². The third-order valence-corrected chi connectivity index (χ3v) is 3.60. The average Bonchev–Trinajstić information content (AvgIpc) is 3.13. The first-order valence-corrected chi connectivity index (χ1v) is 7.19. The van der Waals surface area contributed by atoms with Crippen LogP contribution in [-0.4, -0.2) is 17.7 Å². The minimum Gasteiger partial charge on any atom is -0.493 e. The molecule has 4 heteroatoms. The molecule has 19 heavy (non-hydrogen) atoms. The number of aliphatic carboxylic acids is 1. The Morgan fingerprint density at radius 3 is 2.89 bits per heavy atom. The fourth-order valence-corrected chi connectivity index (χ4v) is 2.56. The van der Waals surface area contributed by atoms with Crippen LogP contribution in [-0.2, 0) is 4.79 Å². The zero-order valence-electron chi connectivity index (χ0n) is 10.9. The Hall–Kier alpha value is -1.29. The van der Waals surface area contributed by atoms with Gasteiger partial charge in [-0.1, -0.05) is 28.8 Å². The number of carboxylic acids is 1. The topological polar surface area (TPSA) is 46.5 Å². The van der Waals surface area contributed by atoms with Gasteiger partial charge in [-0.3, -0.25) is 0 Å². The molecule has 0 radical (unpaired) electrons. The van der Waals surface area contributed by atoms with Gasteiger partial charge in [0.25, 0.3) is 0 Å². The zero-order valence-corrected chi connectivity index (χ0v) is 12.4. The Morgan fingerprint density at radius 2 is 2.26 bits per heavy atom. The lowest BCUT2D eigenvalue weighted by molar-refractivity contribution is -0.131. The molecule has 0 aromatic heterocycles. The Balaban J connectivity index is 2.14. The molecule has 0 saturated heterocycles. The number of carbonyl (C=O) groups is 1. The summed E-state index contributed by atoms with van der Waals surface area (Å²) < 4.78 is 6.76. The van der Waals surface area contributed by atoms with Crippen molar-refractivity contribution in [1.29, 1.82) is 0 Å². The van der Waals surface area contributed by atoms with Crippen LogP contribution in [0.3, 0.4) is 0 Å². The van der Waals surface area contributed by atoms with Crippen molar-refractivity contribution in [2.45, 2.75) is 26.2 Å². The number of hydrogen-bond acceptors (Lipinski definition) is 2. The second-order valence-corrected chi connectivity index (χ2v) is 5.81. The van der Waals surface area contributed by atoms with Crippen LogP contribution in [0.4, 0.5) is 0 Å². The highest BCUT2D eigenvalue weighted by Gasteiger charge is 2.21. The van der Waals surface area contributed by atoms with Gasteiger partial charge in [0, 0.05) is 16.1 Å². The molecule has 3 nitrogen and oxygen atoms in total. The summed E-state index contributed by atoms with van der Waals surface area (Å²) in [6, 6.07) is 3.85. The molecule has 1 aromatic carbocycles.